The second-order valence-corrected chi connectivity index (χ2v) is 9.38. The van der Waals surface area contributed by atoms with Crippen molar-refractivity contribution in [3.63, 3.8) is 0 Å². The SMILES string of the molecule is NC(=O)C1CCN(CCc2ccc(NC(=O)c3cccc(NC(=O)c4cccs4)c3)cc2)CC1. The fraction of sp³-hybridized carbons (Fsp3) is 0.269. The van der Waals surface area contributed by atoms with E-state index >= 15 is 0 Å². The highest BCUT2D eigenvalue weighted by atomic mass is 32.1. The molecule has 1 aromatic heterocycles. The van der Waals surface area contributed by atoms with Crippen molar-refractivity contribution in [3.05, 3.63) is 82.0 Å². The number of carbonyl (C=O) groups is 3. The van der Waals surface area contributed by atoms with Gasteiger partial charge in [-0.05, 0) is 79.7 Å². The fourth-order valence-corrected chi connectivity index (χ4v) is 4.64. The monoisotopic (exact) mass is 476 g/mol. The molecule has 3 aromatic rings. The predicted molar refractivity (Wildman–Crippen MR) is 135 cm³/mol. The lowest BCUT2D eigenvalue weighted by atomic mass is 9.96. The number of likely N-dealkylation sites (tertiary alicyclic amines) is 1. The molecule has 7 nitrogen and oxygen atoms in total. The van der Waals surface area contributed by atoms with Gasteiger partial charge in [-0.3, -0.25) is 14.4 Å². The highest BCUT2D eigenvalue weighted by Crippen LogP contribution is 2.19. The zero-order valence-electron chi connectivity index (χ0n) is 18.8. The number of amides is 3. The van der Waals surface area contributed by atoms with Crippen molar-refractivity contribution in [3.8, 4) is 0 Å². The standard InChI is InChI=1S/C26H28N4O3S/c27-24(31)19-11-14-30(15-12-19)13-10-18-6-8-21(9-7-18)28-25(32)20-3-1-4-22(17-20)29-26(33)23-5-2-16-34-23/h1-9,16-17,19H,10-15H2,(H2,27,31)(H,28,32)(H,29,33). The first-order chi connectivity index (χ1) is 16.5. The average molecular weight is 477 g/mol. The first-order valence-corrected chi connectivity index (χ1v) is 12.2. The molecule has 4 rings (SSSR count). The third-order valence-corrected chi connectivity index (χ3v) is 6.91. The van der Waals surface area contributed by atoms with Crippen molar-refractivity contribution >= 4 is 40.4 Å². The number of anilines is 2. The summed E-state index contributed by atoms with van der Waals surface area (Å²) in [4.78, 5) is 39.2. The number of nitrogens with two attached hydrogens (primary N) is 1. The van der Waals surface area contributed by atoms with E-state index in [1.807, 2.05) is 35.7 Å². The summed E-state index contributed by atoms with van der Waals surface area (Å²) in [5.41, 5.74) is 8.34. The number of hydrogen-bond acceptors (Lipinski definition) is 5. The smallest absolute Gasteiger partial charge is 0.265 e. The summed E-state index contributed by atoms with van der Waals surface area (Å²) in [5.74, 6) is -0.609. The Labute approximate surface area is 203 Å². The molecule has 0 bridgehead atoms. The molecule has 2 aromatic carbocycles. The normalized spacial score (nSPS) is 14.5. The first kappa shape index (κ1) is 23.7. The van der Waals surface area contributed by atoms with Gasteiger partial charge in [0, 0.05) is 29.4 Å². The van der Waals surface area contributed by atoms with Gasteiger partial charge in [0.2, 0.25) is 5.91 Å². The third-order valence-electron chi connectivity index (χ3n) is 6.05. The molecule has 0 saturated carbocycles. The number of nitrogens with one attached hydrogen (secondary N) is 2. The molecule has 176 valence electrons. The van der Waals surface area contributed by atoms with Gasteiger partial charge in [-0.1, -0.05) is 24.3 Å². The second-order valence-electron chi connectivity index (χ2n) is 8.43. The lowest BCUT2D eigenvalue weighted by molar-refractivity contribution is -0.123. The first-order valence-electron chi connectivity index (χ1n) is 11.3. The quantitative estimate of drug-likeness (QED) is 0.457. The molecule has 1 aliphatic heterocycles. The van der Waals surface area contributed by atoms with Gasteiger partial charge in [-0.25, -0.2) is 0 Å². The summed E-state index contributed by atoms with van der Waals surface area (Å²) in [6.45, 7) is 2.73. The third kappa shape index (κ3) is 6.30. The fourth-order valence-electron chi connectivity index (χ4n) is 4.02. The van der Waals surface area contributed by atoms with E-state index in [9.17, 15) is 14.4 Å². The van der Waals surface area contributed by atoms with Crippen LogP contribution in [0.25, 0.3) is 0 Å². The maximum absolute atomic E-state index is 12.7. The summed E-state index contributed by atoms with van der Waals surface area (Å²) >= 11 is 1.37. The number of benzene rings is 2. The number of carbonyl (C=O) groups excluding carboxylic acids is 3. The summed E-state index contributed by atoms with van der Waals surface area (Å²) in [5, 5.41) is 7.58. The van der Waals surface area contributed by atoms with E-state index < -0.39 is 0 Å². The Bertz CT molecular complexity index is 1140. The molecule has 0 aliphatic carbocycles. The molecule has 34 heavy (non-hydrogen) atoms. The van der Waals surface area contributed by atoms with Crippen LogP contribution >= 0.6 is 11.3 Å². The van der Waals surface area contributed by atoms with Crippen LogP contribution < -0.4 is 16.4 Å². The van der Waals surface area contributed by atoms with E-state index in [0.717, 1.165) is 38.9 Å². The average Bonchev–Trinajstić information content (AvgIpc) is 3.39. The van der Waals surface area contributed by atoms with Gasteiger partial charge in [-0.15, -0.1) is 11.3 Å². The van der Waals surface area contributed by atoms with Gasteiger partial charge in [0.25, 0.3) is 11.8 Å². The van der Waals surface area contributed by atoms with Gasteiger partial charge in [-0.2, -0.15) is 0 Å². The van der Waals surface area contributed by atoms with Crippen LogP contribution in [-0.4, -0.2) is 42.3 Å². The lowest BCUT2D eigenvalue weighted by Crippen LogP contribution is -2.39. The van der Waals surface area contributed by atoms with E-state index in [2.05, 4.69) is 15.5 Å². The van der Waals surface area contributed by atoms with Crippen LogP contribution in [0.2, 0.25) is 0 Å². The Morgan fingerprint density at radius 1 is 0.912 bits per heavy atom. The maximum atomic E-state index is 12.7. The summed E-state index contributed by atoms with van der Waals surface area (Å²) in [6.07, 6.45) is 2.57. The van der Waals surface area contributed by atoms with Crippen LogP contribution in [0.4, 0.5) is 11.4 Å². The number of thiophene rings is 1. The van der Waals surface area contributed by atoms with E-state index in [1.165, 1.54) is 16.9 Å². The minimum Gasteiger partial charge on any atom is -0.369 e. The highest BCUT2D eigenvalue weighted by Gasteiger charge is 2.22. The molecular formula is C26H28N4O3S. The minimum absolute atomic E-state index is 0.0112. The molecule has 1 aliphatic rings. The Balaban J connectivity index is 1.27. The van der Waals surface area contributed by atoms with Gasteiger partial charge >= 0.3 is 0 Å². The van der Waals surface area contributed by atoms with Crippen LogP contribution in [0.5, 0.6) is 0 Å². The van der Waals surface area contributed by atoms with Crippen LogP contribution in [-0.2, 0) is 11.2 Å². The molecule has 1 saturated heterocycles. The Hall–Kier alpha value is -3.49. The molecular weight excluding hydrogens is 448 g/mol. The van der Waals surface area contributed by atoms with E-state index in [1.54, 1.807) is 30.3 Å². The molecule has 8 heteroatoms. The van der Waals surface area contributed by atoms with Crippen LogP contribution in [0, 0.1) is 5.92 Å². The number of piperidine rings is 1. The Kier molecular flexibility index (Phi) is 7.72. The summed E-state index contributed by atoms with van der Waals surface area (Å²) < 4.78 is 0. The number of rotatable bonds is 8. The van der Waals surface area contributed by atoms with Crippen molar-refractivity contribution in [1.82, 2.24) is 4.90 Å². The van der Waals surface area contributed by atoms with Crippen molar-refractivity contribution in [2.75, 3.05) is 30.3 Å². The molecule has 3 amide bonds. The molecule has 0 unspecified atom stereocenters. The van der Waals surface area contributed by atoms with Crippen molar-refractivity contribution in [2.24, 2.45) is 11.7 Å². The van der Waals surface area contributed by atoms with Crippen molar-refractivity contribution in [2.45, 2.75) is 19.3 Å². The van der Waals surface area contributed by atoms with Gasteiger partial charge < -0.3 is 21.3 Å². The molecule has 1 fully saturated rings. The van der Waals surface area contributed by atoms with Gasteiger partial charge in [0.05, 0.1) is 4.88 Å². The Morgan fingerprint density at radius 2 is 1.65 bits per heavy atom. The molecule has 2 heterocycles. The largest absolute Gasteiger partial charge is 0.369 e. The number of primary amides is 1. The van der Waals surface area contributed by atoms with Crippen molar-refractivity contribution in [1.29, 1.82) is 0 Å². The second kappa shape index (κ2) is 11.1. The van der Waals surface area contributed by atoms with E-state index in [-0.39, 0.29) is 23.6 Å². The molecule has 0 radical (unpaired) electrons. The topological polar surface area (TPSA) is 105 Å². The zero-order chi connectivity index (χ0) is 23.9. The Morgan fingerprint density at radius 3 is 2.32 bits per heavy atom. The summed E-state index contributed by atoms with van der Waals surface area (Å²) in [6, 6.07) is 18.3. The van der Waals surface area contributed by atoms with E-state index in [4.69, 9.17) is 5.73 Å². The van der Waals surface area contributed by atoms with E-state index in [0.29, 0.717) is 21.8 Å². The number of hydrogen-bond donors (Lipinski definition) is 3. The van der Waals surface area contributed by atoms with Gasteiger partial charge in [0.1, 0.15) is 0 Å². The van der Waals surface area contributed by atoms with Crippen LogP contribution in [0.1, 0.15) is 38.4 Å². The van der Waals surface area contributed by atoms with Gasteiger partial charge in [0.15, 0.2) is 0 Å². The zero-order valence-corrected chi connectivity index (χ0v) is 19.6. The molecule has 0 atom stereocenters. The van der Waals surface area contributed by atoms with Crippen LogP contribution in [0.3, 0.4) is 0 Å². The van der Waals surface area contributed by atoms with Crippen LogP contribution in [0.15, 0.2) is 66.0 Å². The molecule has 0 spiro atoms. The van der Waals surface area contributed by atoms with Crippen molar-refractivity contribution < 1.29 is 14.4 Å². The number of nitrogens with zero attached hydrogens (tertiary/aromatic N) is 1. The summed E-state index contributed by atoms with van der Waals surface area (Å²) in [7, 11) is 0. The molecule has 4 N–H and O–H groups in total. The lowest BCUT2D eigenvalue weighted by Gasteiger charge is -2.30. The highest BCUT2D eigenvalue weighted by molar-refractivity contribution is 7.12. The minimum atomic E-state index is -0.239. The maximum Gasteiger partial charge on any atom is 0.265 e. The predicted octanol–water partition coefficient (Wildman–Crippen LogP) is 3.99.